The van der Waals surface area contributed by atoms with Crippen LogP contribution in [-0.2, 0) is 403 Å². The van der Waals surface area contributed by atoms with Crippen LogP contribution in [0.5, 0.6) is 0 Å². The summed E-state index contributed by atoms with van der Waals surface area (Å²) in [6.07, 6.45) is 0. The summed E-state index contributed by atoms with van der Waals surface area (Å²) >= 11 is 4.35. The van der Waals surface area contributed by atoms with Crippen LogP contribution in [0.25, 0.3) is 0 Å². The second-order valence-corrected chi connectivity index (χ2v) is 79.1. The van der Waals surface area contributed by atoms with Gasteiger partial charge in [0, 0.05) is 278 Å². The zero-order chi connectivity index (χ0) is 32.4. The summed E-state index contributed by atoms with van der Waals surface area (Å²) in [6, 6.07) is 0. The first kappa shape index (κ1) is 54.9. The molecule has 0 aliphatic rings. The van der Waals surface area contributed by atoms with Crippen LogP contribution in [0.2, 0.25) is 0 Å². The first-order valence-corrected chi connectivity index (χ1v) is 66.1. The van der Waals surface area contributed by atoms with Crippen LogP contribution in [0.15, 0.2) is 0 Å². The molecule has 0 bridgehead atoms. The third kappa shape index (κ3) is 53.9. The zero-order valence-electron chi connectivity index (χ0n) is 18.3. The number of hydrogen-bond donors (Lipinski definition) is 0. The Bertz CT molecular complexity index is 2810. The summed E-state index contributed by atoms with van der Waals surface area (Å²) < 4.78 is 10.4. The third-order valence-corrected chi connectivity index (χ3v) is 94.6. The summed E-state index contributed by atoms with van der Waals surface area (Å²) in [5, 5.41) is 0. The van der Waals surface area contributed by atoms with Gasteiger partial charge in [-0.3, -0.25) is 0 Å². The van der Waals surface area contributed by atoms with Gasteiger partial charge in [-0.15, -0.1) is 0 Å². The Kier molecular flexibility index (Phi) is 65.8. The van der Waals surface area contributed by atoms with Crippen molar-refractivity contribution in [3.05, 3.63) is 0 Å². The minimum Gasteiger partial charge on any atom is 0 e. The van der Waals surface area contributed by atoms with Crippen molar-refractivity contribution in [2.24, 2.45) is 0 Å². The normalized spacial score (nSPS) is 7.91. The van der Waals surface area contributed by atoms with Crippen LogP contribution in [0.4, 0.5) is 0 Å². The molecule has 0 amide bonds. The molecule has 0 unspecified atom stereocenters. The van der Waals surface area contributed by atoms with Gasteiger partial charge in [0.25, 0.3) is 0 Å². The van der Waals surface area contributed by atoms with Crippen molar-refractivity contribution in [2.75, 3.05) is 0 Å². The summed E-state index contributed by atoms with van der Waals surface area (Å²) in [5.74, 6) is 0. The Morgan fingerprint density at radius 1 is 0.222 bits per heavy atom. The molecule has 0 aromatic heterocycles. The van der Waals surface area contributed by atoms with Gasteiger partial charge in [0.1, 0.15) is 0 Å². The maximum absolute atomic E-state index is 10.4. The zero-order valence-corrected chi connectivity index (χ0v) is 54.9. The molecule has 0 rings (SSSR count). The molecule has 0 heterocycles. The van der Waals surface area contributed by atoms with E-state index < -0.39 is 16.1 Å². The van der Waals surface area contributed by atoms with E-state index in [-0.39, 0.29) is 0 Å². The predicted molar refractivity (Wildman–Crippen MR) is 317 cm³/mol. The van der Waals surface area contributed by atoms with E-state index in [2.05, 4.69) is 0 Å². The molecule has 45 heavy (non-hydrogen) atoms. The predicted octanol–water partition coefficient (Wildman–Crippen LogP) is -0.225. The van der Waals surface area contributed by atoms with E-state index in [1.807, 2.05) is 213 Å². The van der Waals surface area contributed by atoms with Gasteiger partial charge in [-0.2, -0.15) is 0 Å². The van der Waals surface area contributed by atoms with Crippen LogP contribution < -0.4 is 0 Å². The Labute approximate surface area is 390 Å². The fourth-order valence-corrected chi connectivity index (χ4v) is 113. The fraction of sp³-hybridized carbons (Fsp3) is 0. The van der Waals surface area contributed by atoms with Gasteiger partial charge in [-0.1, -0.05) is 0 Å². The Morgan fingerprint density at radius 3 is 0.489 bits per heavy atom. The molecule has 0 N–H and O–H groups in total. The van der Waals surface area contributed by atoms with Crippen molar-refractivity contribution < 1.29 is 19.6 Å². The summed E-state index contributed by atoms with van der Waals surface area (Å²) in [7, 11) is 74.3. The molecule has 0 aromatic rings. The molecule has 1 nitrogen and oxygen atoms in total. The molecule has 274 valence electrons. The van der Waals surface area contributed by atoms with E-state index in [0.717, 1.165) is 0 Å². The van der Waals surface area contributed by atoms with Crippen LogP contribution in [0, 0.1) is 0 Å². The Morgan fingerprint density at radius 2 is 0.356 bits per heavy atom. The monoisotopic (exact) mass is 1500 g/mol. The molecule has 0 atom stereocenters. The standard InChI is InChI=1S/O.Pd.S43/c;;1-3-5-7-9-11-13-15-17-19-21-23-25-27-29-31-33-35-37-39-41-43-42-40-38-36-34-32-30-28-26-24-22-20-18-16-14-12-10-8-6-4-2. The first-order chi connectivity index (χ1) is 22.4. The van der Waals surface area contributed by atoms with Crippen LogP contribution in [0.1, 0.15) is 0 Å². The molecule has 45 heteroatoms. The van der Waals surface area contributed by atoms with Gasteiger partial charge in [0.2, 0.25) is 0 Å². The van der Waals surface area contributed by atoms with Crippen LogP contribution in [0.3, 0.4) is 0 Å². The minimum absolute atomic E-state index is 0.458. The second kappa shape index (κ2) is 53.9. The van der Waals surface area contributed by atoms with Gasteiger partial charge >= 0.3 is 125 Å². The van der Waals surface area contributed by atoms with E-state index in [4.69, 9.17) is 11.2 Å². The Hall–Kier alpha value is 9.92. The van der Waals surface area contributed by atoms with Gasteiger partial charge < -0.3 is 0 Å². The van der Waals surface area contributed by atoms with Gasteiger partial charge in [0.15, 0.2) is 0 Å². The van der Waals surface area contributed by atoms with Crippen LogP contribution in [-0.4, -0.2) is 0 Å². The SMILES string of the molecule is [O]=[Pd]=[S]=S=S=S=S=S=S=S=S=S=S=S=S=S=S=S=S=S=S=S=S=S=S=S=S=S=S=S=S=S=S=S=S=S=S=S=S=S=S=S=S=S=S. The Balaban J connectivity index is 6.06. The fourth-order valence-electron chi connectivity index (χ4n) is 0.460. The van der Waals surface area contributed by atoms with Crippen molar-refractivity contribution in [3.8, 4) is 0 Å². The quantitative estimate of drug-likeness (QED) is 0.313. The van der Waals surface area contributed by atoms with Gasteiger partial charge in [0.05, 0.1) is 0 Å². The molecule has 0 aromatic carbocycles. The number of rotatable bonds is 0. The summed E-state index contributed by atoms with van der Waals surface area (Å²) in [6.45, 7) is 0. The minimum atomic E-state index is -0.458. The van der Waals surface area contributed by atoms with Gasteiger partial charge in [-0.25, -0.2) is 0 Å². The smallest absolute Gasteiger partial charge is 0 e. The molecule has 0 spiro atoms. The molecular formula is OPdS43. The van der Waals surface area contributed by atoms with E-state index in [9.17, 15) is 3.47 Å². The number of hydrogen-bond acceptors (Lipinski definition) is 2. The first-order valence-electron chi connectivity index (χ1n) is 7.26. The van der Waals surface area contributed by atoms with Crippen molar-refractivity contribution in [3.63, 3.8) is 0 Å². The van der Waals surface area contributed by atoms with E-state index >= 15 is 0 Å². The van der Waals surface area contributed by atoms with E-state index in [1.165, 1.54) is 16.5 Å². The second-order valence-electron chi connectivity index (χ2n) is 2.90. The van der Waals surface area contributed by atoms with Crippen molar-refractivity contribution >= 4 is 383 Å². The summed E-state index contributed by atoms with van der Waals surface area (Å²) in [5.41, 5.74) is 0. The average Bonchev–Trinajstić information content (AvgIpc) is 3.05. The topological polar surface area (TPSA) is 17.1 Å². The maximum atomic E-state index is 10.4. The van der Waals surface area contributed by atoms with E-state index in [1.54, 1.807) is 142 Å². The van der Waals surface area contributed by atoms with Crippen molar-refractivity contribution in [1.82, 2.24) is 0 Å². The molecule has 0 aliphatic heterocycles. The molecule has 0 aliphatic carbocycles. The molecule has 0 saturated carbocycles. The third-order valence-electron chi connectivity index (χ3n) is 1.15. The molecule has 0 radical (unpaired) electrons. The molecule has 0 saturated heterocycles. The average molecular weight is 1500 g/mol. The van der Waals surface area contributed by atoms with Crippen LogP contribution >= 0.6 is 0 Å². The van der Waals surface area contributed by atoms with Crippen molar-refractivity contribution in [1.29, 1.82) is 0 Å². The van der Waals surface area contributed by atoms with Crippen molar-refractivity contribution in [2.45, 2.75) is 0 Å². The van der Waals surface area contributed by atoms with E-state index in [0.29, 0.717) is 0 Å². The summed E-state index contributed by atoms with van der Waals surface area (Å²) in [4.78, 5) is 0. The molecular weight excluding hydrogens is 1500 g/mol. The molecule has 0 fully saturated rings. The van der Waals surface area contributed by atoms with Gasteiger partial charge in [-0.05, 0) is 0 Å².